The van der Waals surface area contributed by atoms with Crippen LogP contribution < -0.4 is 0 Å². The van der Waals surface area contributed by atoms with Crippen molar-refractivity contribution >= 4 is 11.7 Å². The summed E-state index contributed by atoms with van der Waals surface area (Å²) in [5.74, 6) is 0.126. The van der Waals surface area contributed by atoms with Crippen LogP contribution in [0.3, 0.4) is 0 Å². The van der Waals surface area contributed by atoms with Gasteiger partial charge in [-0.25, -0.2) is 0 Å². The summed E-state index contributed by atoms with van der Waals surface area (Å²) in [6.07, 6.45) is 3.66. The zero-order valence-electron chi connectivity index (χ0n) is 8.95. The zero-order valence-corrected chi connectivity index (χ0v) is 8.95. The van der Waals surface area contributed by atoms with Gasteiger partial charge in [0.25, 0.3) is 0 Å². The number of hydrogen-bond acceptors (Lipinski definition) is 2. The fourth-order valence-electron chi connectivity index (χ4n) is 2.23. The van der Waals surface area contributed by atoms with Crippen molar-refractivity contribution < 1.29 is 9.59 Å². The SMILES string of the molecule is C=C1CCC(N2CC(C)=CC2=O)C(=O)C1. The lowest BCUT2D eigenvalue weighted by atomic mass is 9.89. The maximum absolute atomic E-state index is 11.8. The van der Waals surface area contributed by atoms with Crippen molar-refractivity contribution in [1.29, 1.82) is 0 Å². The van der Waals surface area contributed by atoms with Gasteiger partial charge in [0.1, 0.15) is 0 Å². The standard InChI is InChI=1S/C12H15NO2/c1-8-3-4-10(11(14)5-8)13-7-9(2)6-12(13)15/h6,10H,1,3-5,7H2,2H3. The van der Waals surface area contributed by atoms with Crippen molar-refractivity contribution in [2.24, 2.45) is 0 Å². The van der Waals surface area contributed by atoms with Gasteiger partial charge in [0.05, 0.1) is 6.04 Å². The molecule has 2 aliphatic rings. The summed E-state index contributed by atoms with van der Waals surface area (Å²) >= 11 is 0. The molecule has 1 amide bonds. The molecule has 0 spiro atoms. The molecule has 1 aliphatic carbocycles. The van der Waals surface area contributed by atoms with Gasteiger partial charge in [-0.1, -0.05) is 12.2 Å². The molecule has 0 saturated heterocycles. The van der Waals surface area contributed by atoms with Crippen LogP contribution in [0, 0.1) is 0 Å². The fourth-order valence-corrected chi connectivity index (χ4v) is 2.23. The molecule has 1 fully saturated rings. The van der Waals surface area contributed by atoms with E-state index in [0.29, 0.717) is 13.0 Å². The van der Waals surface area contributed by atoms with Gasteiger partial charge in [-0.2, -0.15) is 0 Å². The predicted molar refractivity (Wildman–Crippen MR) is 57.3 cm³/mol. The van der Waals surface area contributed by atoms with Crippen LogP contribution in [0.5, 0.6) is 0 Å². The average Bonchev–Trinajstić information content (AvgIpc) is 2.45. The van der Waals surface area contributed by atoms with E-state index in [1.54, 1.807) is 11.0 Å². The Morgan fingerprint density at radius 2 is 2.20 bits per heavy atom. The molecule has 1 unspecified atom stereocenters. The Kier molecular flexibility index (Phi) is 2.47. The molecule has 0 aromatic carbocycles. The minimum absolute atomic E-state index is 0.0154. The summed E-state index contributed by atoms with van der Waals surface area (Å²) in [5, 5.41) is 0. The first-order chi connectivity index (χ1) is 7.08. The number of allylic oxidation sites excluding steroid dienone is 1. The van der Waals surface area contributed by atoms with Crippen LogP contribution >= 0.6 is 0 Å². The average molecular weight is 205 g/mol. The van der Waals surface area contributed by atoms with Crippen LogP contribution in [-0.4, -0.2) is 29.2 Å². The largest absolute Gasteiger partial charge is 0.325 e. The second kappa shape index (κ2) is 3.65. The highest BCUT2D eigenvalue weighted by molar-refractivity contribution is 5.97. The molecular formula is C12H15NO2. The third kappa shape index (κ3) is 1.87. The first-order valence-electron chi connectivity index (χ1n) is 5.25. The van der Waals surface area contributed by atoms with Gasteiger partial charge in [-0.15, -0.1) is 0 Å². The number of rotatable bonds is 1. The predicted octanol–water partition coefficient (Wildman–Crippen LogP) is 1.45. The van der Waals surface area contributed by atoms with E-state index in [-0.39, 0.29) is 17.7 Å². The van der Waals surface area contributed by atoms with Gasteiger partial charge in [0, 0.05) is 19.0 Å². The summed E-state index contributed by atoms with van der Waals surface area (Å²) < 4.78 is 0. The zero-order chi connectivity index (χ0) is 11.0. The van der Waals surface area contributed by atoms with Gasteiger partial charge in [0.15, 0.2) is 5.78 Å². The van der Waals surface area contributed by atoms with E-state index in [1.165, 1.54) is 0 Å². The number of carbonyl (C=O) groups is 2. The van der Waals surface area contributed by atoms with E-state index in [0.717, 1.165) is 24.0 Å². The maximum atomic E-state index is 11.8. The molecule has 3 nitrogen and oxygen atoms in total. The highest BCUT2D eigenvalue weighted by Gasteiger charge is 2.34. The molecular weight excluding hydrogens is 190 g/mol. The van der Waals surface area contributed by atoms with E-state index < -0.39 is 0 Å². The molecule has 0 bridgehead atoms. The second-order valence-electron chi connectivity index (χ2n) is 4.40. The van der Waals surface area contributed by atoms with E-state index in [9.17, 15) is 9.59 Å². The van der Waals surface area contributed by atoms with Gasteiger partial charge >= 0.3 is 0 Å². The van der Waals surface area contributed by atoms with Crippen LogP contribution in [0.1, 0.15) is 26.2 Å². The molecule has 3 heteroatoms. The third-order valence-electron chi connectivity index (χ3n) is 3.02. The Bertz CT molecular complexity index is 368. The Labute approximate surface area is 89.4 Å². The Morgan fingerprint density at radius 1 is 1.47 bits per heavy atom. The lowest BCUT2D eigenvalue weighted by Gasteiger charge is -2.30. The molecule has 80 valence electrons. The van der Waals surface area contributed by atoms with Crippen molar-refractivity contribution in [3.8, 4) is 0 Å². The molecule has 1 aliphatic heterocycles. The summed E-state index contributed by atoms with van der Waals surface area (Å²) in [4.78, 5) is 25.0. The highest BCUT2D eigenvalue weighted by atomic mass is 16.2. The summed E-state index contributed by atoms with van der Waals surface area (Å²) in [6, 6.07) is -0.211. The number of hydrogen-bond donors (Lipinski definition) is 0. The number of carbonyl (C=O) groups excluding carboxylic acids is 2. The molecule has 2 rings (SSSR count). The van der Waals surface area contributed by atoms with Gasteiger partial charge in [-0.05, 0) is 25.3 Å². The Balaban J connectivity index is 2.09. The van der Waals surface area contributed by atoms with Crippen LogP contribution in [0.15, 0.2) is 23.8 Å². The Hall–Kier alpha value is -1.38. The number of ketones is 1. The molecule has 0 N–H and O–H groups in total. The minimum Gasteiger partial charge on any atom is -0.325 e. The molecule has 1 saturated carbocycles. The molecule has 15 heavy (non-hydrogen) atoms. The number of amides is 1. The van der Waals surface area contributed by atoms with Crippen molar-refractivity contribution in [2.45, 2.75) is 32.2 Å². The monoisotopic (exact) mass is 205 g/mol. The molecule has 0 radical (unpaired) electrons. The highest BCUT2D eigenvalue weighted by Crippen LogP contribution is 2.26. The first kappa shape index (κ1) is 10.1. The maximum Gasteiger partial charge on any atom is 0.247 e. The summed E-state index contributed by atoms with van der Waals surface area (Å²) in [5.41, 5.74) is 2.03. The quantitative estimate of drug-likeness (QED) is 0.608. The van der Waals surface area contributed by atoms with Crippen molar-refractivity contribution in [3.63, 3.8) is 0 Å². The Morgan fingerprint density at radius 3 is 2.73 bits per heavy atom. The smallest absolute Gasteiger partial charge is 0.247 e. The third-order valence-corrected chi connectivity index (χ3v) is 3.02. The van der Waals surface area contributed by atoms with E-state index in [4.69, 9.17) is 0 Å². The van der Waals surface area contributed by atoms with Crippen LogP contribution in [0.4, 0.5) is 0 Å². The minimum atomic E-state index is -0.211. The first-order valence-corrected chi connectivity index (χ1v) is 5.25. The lowest BCUT2D eigenvalue weighted by Crippen LogP contribution is -2.44. The van der Waals surface area contributed by atoms with Crippen LogP contribution in [0.25, 0.3) is 0 Å². The summed E-state index contributed by atoms with van der Waals surface area (Å²) in [7, 11) is 0. The number of nitrogens with zero attached hydrogens (tertiary/aromatic N) is 1. The van der Waals surface area contributed by atoms with Crippen molar-refractivity contribution in [1.82, 2.24) is 4.90 Å². The van der Waals surface area contributed by atoms with Crippen molar-refractivity contribution in [3.05, 3.63) is 23.8 Å². The van der Waals surface area contributed by atoms with E-state index in [2.05, 4.69) is 6.58 Å². The summed E-state index contributed by atoms with van der Waals surface area (Å²) in [6.45, 7) is 6.36. The van der Waals surface area contributed by atoms with E-state index in [1.807, 2.05) is 6.92 Å². The fraction of sp³-hybridized carbons (Fsp3) is 0.500. The van der Waals surface area contributed by atoms with Crippen LogP contribution in [0.2, 0.25) is 0 Å². The van der Waals surface area contributed by atoms with Gasteiger partial charge in [0.2, 0.25) is 5.91 Å². The van der Waals surface area contributed by atoms with Crippen LogP contribution in [-0.2, 0) is 9.59 Å². The van der Waals surface area contributed by atoms with Gasteiger partial charge in [-0.3, -0.25) is 9.59 Å². The van der Waals surface area contributed by atoms with Crippen molar-refractivity contribution in [2.75, 3.05) is 6.54 Å². The molecule has 1 heterocycles. The molecule has 1 atom stereocenters. The number of Topliss-reactive ketones (excluding diaryl/α,β-unsaturated/α-hetero) is 1. The van der Waals surface area contributed by atoms with Gasteiger partial charge < -0.3 is 4.90 Å². The molecule has 0 aromatic heterocycles. The second-order valence-corrected chi connectivity index (χ2v) is 4.40. The topological polar surface area (TPSA) is 37.4 Å². The molecule has 0 aromatic rings. The van der Waals surface area contributed by atoms with E-state index >= 15 is 0 Å². The normalized spacial score (nSPS) is 27.3. The lowest BCUT2D eigenvalue weighted by molar-refractivity contribution is -0.135.